The third kappa shape index (κ3) is 5.14. The van der Waals surface area contributed by atoms with Crippen LogP contribution >= 0.6 is 11.8 Å². The first-order valence-electron chi connectivity index (χ1n) is 11.5. The Bertz CT molecular complexity index is 841. The number of rotatable bonds is 8. The largest absolute Gasteiger partial charge is 0.442 e. The molecule has 3 atom stereocenters. The van der Waals surface area contributed by atoms with Crippen molar-refractivity contribution in [1.29, 1.82) is 0 Å². The number of amides is 2. The van der Waals surface area contributed by atoms with E-state index in [0.29, 0.717) is 23.3 Å². The minimum absolute atomic E-state index is 0.177. The molecule has 32 heavy (non-hydrogen) atoms. The van der Waals surface area contributed by atoms with Gasteiger partial charge in [-0.15, -0.1) is 0 Å². The van der Waals surface area contributed by atoms with E-state index in [1.807, 2.05) is 11.8 Å². The van der Waals surface area contributed by atoms with Gasteiger partial charge in [-0.25, -0.2) is 9.18 Å². The minimum Gasteiger partial charge on any atom is -0.442 e. The van der Waals surface area contributed by atoms with Gasteiger partial charge in [0.1, 0.15) is 11.9 Å². The number of anilines is 2. The monoisotopic (exact) mass is 464 g/mol. The molecule has 9 heteroatoms. The van der Waals surface area contributed by atoms with E-state index < -0.39 is 12.2 Å². The molecule has 3 heterocycles. The van der Waals surface area contributed by atoms with E-state index in [-0.39, 0.29) is 24.8 Å². The van der Waals surface area contributed by atoms with Gasteiger partial charge in [0.05, 0.1) is 24.5 Å². The van der Waals surface area contributed by atoms with Gasteiger partial charge in [-0.1, -0.05) is 6.92 Å². The number of hydrogen-bond donors (Lipinski definition) is 1. The minimum atomic E-state index is -0.514. The first kappa shape index (κ1) is 23.2. The van der Waals surface area contributed by atoms with Gasteiger partial charge >= 0.3 is 6.09 Å². The van der Waals surface area contributed by atoms with Crippen LogP contribution in [0.5, 0.6) is 0 Å². The molecular weight excluding hydrogens is 431 g/mol. The molecule has 3 aliphatic rings. The maximum Gasteiger partial charge on any atom is 0.414 e. The molecule has 0 radical (unpaired) electrons. The fourth-order valence-electron chi connectivity index (χ4n) is 5.09. The average Bonchev–Trinajstić information content (AvgIpc) is 3.36. The van der Waals surface area contributed by atoms with Crippen molar-refractivity contribution in [3.63, 3.8) is 0 Å². The van der Waals surface area contributed by atoms with Crippen LogP contribution in [0.25, 0.3) is 0 Å². The van der Waals surface area contributed by atoms with Crippen LogP contribution in [-0.2, 0) is 9.53 Å². The molecule has 0 aromatic heterocycles. The molecule has 2 unspecified atom stereocenters. The average molecular weight is 465 g/mol. The van der Waals surface area contributed by atoms with Gasteiger partial charge in [0.15, 0.2) is 0 Å². The number of carbonyl (C=O) groups is 2. The fraction of sp³-hybridized carbons (Fsp3) is 0.652. The van der Waals surface area contributed by atoms with Gasteiger partial charge in [0, 0.05) is 38.4 Å². The van der Waals surface area contributed by atoms with Crippen molar-refractivity contribution >= 4 is 35.1 Å². The highest BCUT2D eigenvalue weighted by Crippen LogP contribution is 2.36. The normalized spacial score (nSPS) is 25.7. The van der Waals surface area contributed by atoms with Crippen LogP contribution in [0.2, 0.25) is 0 Å². The number of cyclic esters (lactones) is 1. The second kappa shape index (κ2) is 10.3. The second-order valence-electron chi connectivity index (χ2n) is 8.80. The lowest BCUT2D eigenvalue weighted by atomic mass is 9.92. The molecule has 4 rings (SSSR count). The number of benzene rings is 1. The third-order valence-corrected chi connectivity index (χ3v) is 7.54. The summed E-state index contributed by atoms with van der Waals surface area (Å²) in [7, 11) is 0. The lowest BCUT2D eigenvalue weighted by Crippen LogP contribution is -2.46. The molecule has 0 spiro atoms. The SMILES string of the molecule is CCSCCN1CCCC2CN(c3ccc(N4CC(CNC(C)=O)OC4=O)cc3F)C[C@H]21. The molecular formula is C23H33FN4O3S. The summed E-state index contributed by atoms with van der Waals surface area (Å²) in [4.78, 5) is 29.5. The highest BCUT2D eigenvalue weighted by atomic mass is 32.2. The number of fused-ring (bicyclic) bond motifs is 1. The van der Waals surface area contributed by atoms with Crippen molar-refractivity contribution in [1.82, 2.24) is 10.2 Å². The van der Waals surface area contributed by atoms with Crippen molar-refractivity contribution < 1.29 is 18.7 Å². The Morgan fingerprint density at radius 3 is 2.91 bits per heavy atom. The Morgan fingerprint density at radius 2 is 2.16 bits per heavy atom. The second-order valence-corrected chi connectivity index (χ2v) is 10.2. The highest BCUT2D eigenvalue weighted by molar-refractivity contribution is 7.99. The maximum atomic E-state index is 15.2. The standard InChI is InChI=1S/C23H33FN4O3S/c1-3-32-10-9-26-8-4-5-17-13-27(15-22(17)26)21-7-6-18(11-20(21)24)28-14-19(31-23(28)30)12-25-16(2)29/h6-7,11,17,19,22H,3-5,8-10,12-15H2,1-2H3,(H,25,29)/t17?,19?,22-/m1/s1. The van der Waals surface area contributed by atoms with Crippen molar-refractivity contribution in [3.8, 4) is 0 Å². The Labute approximate surface area is 193 Å². The van der Waals surface area contributed by atoms with Gasteiger partial charge in [-0.05, 0) is 49.3 Å². The predicted molar refractivity (Wildman–Crippen MR) is 126 cm³/mol. The zero-order valence-corrected chi connectivity index (χ0v) is 19.7. The Balaban J connectivity index is 1.40. The van der Waals surface area contributed by atoms with Crippen LogP contribution in [0.1, 0.15) is 26.7 Å². The van der Waals surface area contributed by atoms with Crippen molar-refractivity contribution in [2.45, 2.75) is 38.8 Å². The van der Waals surface area contributed by atoms with Crippen molar-refractivity contribution in [2.24, 2.45) is 5.92 Å². The van der Waals surface area contributed by atoms with E-state index >= 15 is 4.39 Å². The summed E-state index contributed by atoms with van der Waals surface area (Å²) in [5.41, 5.74) is 1.09. The molecule has 1 aromatic rings. The van der Waals surface area contributed by atoms with Crippen LogP contribution in [-0.4, -0.2) is 79.8 Å². The fourth-order valence-corrected chi connectivity index (χ4v) is 5.74. The first-order valence-corrected chi connectivity index (χ1v) is 12.7. The highest BCUT2D eigenvalue weighted by Gasteiger charge is 2.39. The number of likely N-dealkylation sites (tertiary alicyclic amines) is 1. The topological polar surface area (TPSA) is 65.1 Å². The van der Waals surface area contributed by atoms with Crippen LogP contribution in [0, 0.1) is 11.7 Å². The summed E-state index contributed by atoms with van der Waals surface area (Å²) in [6, 6.07) is 5.49. The summed E-state index contributed by atoms with van der Waals surface area (Å²) < 4.78 is 20.5. The number of hydrogen-bond acceptors (Lipinski definition) is 6. The van der Waals surface area contributed by atoms with E-state index in [9.17, 15) is 9.59 Å². The Kier molecular flexibility index (Phi) is 7.45. The molecule has 1 aromatic carbocycles. The summed E-state index contributed by atoms with van der Waals surface area (Å²) in [5.74, 6) is 2.38. The van der Waals surface area contributed by atoms with Gasteiger partial charge in [0.2, 0.25) is 5.91 Å². The molecule has 3 fully saturated rings. The lowest BCUT2D eigenvalue weighted by molar-refractivity contribution is -0.119. The third-order valence-electron chi connectivity index (χ3n) is 6.66. The van der Waals surface area contributed by atoms with E-state index in [1.165, 1.54) is 30.7 Å². The van der Waals surface area contributed by atoms with Gasteiger partial charge in [-0.3, -0.25) is 14.6 Å². The molecule has 0 saturated carbocycles. The Hall–Kier alpha value is -2.00. The predicted octanol–water partition coefficient (Wildman–Crippen LogP) is 2.94. The van der Waals surface area contributed by atoms with Crippen molar-refractivity contribution in [3.05, 3.63) is 24.0 Å². The molecule has 0 aliphatic carbocycles. The molecule has 176 valence electrons. The smallest absolute Gasteiger partial charge is 0.414 e. The first-order chi connectivity index (χ1) is 15.5. The van der Waals surface area contributed by atoms with E-state index in [1.54, 1.807) is 12.1 Å². The summed E-state index contributed by atoms with van der Waals surface area (Å²) >= 11 is 1.98. The molecule has 3 saturated heterocycles. The number of carbonyl (C=O) groups excluding carboxylic acids is 2. The van der Waals surface area contributed by atoms with Crippen LogP contribution < -0.4 is 15.1 Å². The number of thioether (sulfide) groups is 1. The van der Waals surface area contributed by atoms with Crippen LogP contribution in [0.15, 0.2) is 18.2 Å². The van der Waals surface area contributed by atoms with Gasteiger partial charge < -0.3 is 15.0 Å². The molecule has 2 amide bonds. The number of halogens is 1. The maximum absolute atomic E-state index is 15.2. The van der Waals surface area contributed by atoms with Gasteiger partial charge in [0.25, 0.3) is 0 Å². The molecule has 0 bridgehead atoms. The number of ether oxygens (including phenoxy) is 1. The molecule has 1 N–H and O–H groups in total. The molecule has 3 aliphatic heterocycles. The number of nitrogens with one attached hydrogen (secondary N) is 1. The van der Waals surface area contributed by atoms with E-state index in [0.717, 1.165) is 37.7 Å². The zero-order chi connectivity index (χ0) is 22.7. The lowest BCUT2D eigenvalue weighted by Gasteiger charge is -2.36. The quantitative estimate of drug-likeness (QED) is 0.597. The van der Waals surface area contributed by atoms with Gasteiger partial charge in [-0.2, -0.15) is 11.8 Å². The van der Waals surface area contributed by atoms with Crippen molar-refractivity contribution in [2.75, 3.05) is 60.6 Å². The summed E-state index contributed by atoms with van der Waals surface area (Å²) in [6.07, 6.45) is 1.46. The Morgan fingerprint density at radius 1 is 1.31 bits per heavy atom. The van der Waals surface area contributed by atoms with Crippen LogP contribution in [0.4, 0.5) is 20.6 Å². The number of piperidine rings is 1. The van der Waals surface area contributed by atoms with E-state index in [4.69, 9.17) is 4.74 Å². The molecule has 7 nitrogen and oxygen atoms in total. The number of nitrogens with zero attached hydrogens (tertiary/aromatic N) is 3. The van der Waals surface area contributed by atoms with Crippen LogP contribution in [0.3, 0.4) is 0 Å². The van der Waals surface area contributed by atoms with E-state index in [2.05, 4.69) is 22.0 Å². The summed E-state index contributed by atoms with van der Waals surface area (Å²) in [6.45, 7) is 8.12. The summed E-state index contributed by atoms with van der Waals surface area (Å²) in [5, 5.41) is 2.65. The zero-order valence-electron chi connectivity index (χ0n) is 18.9.